The molecule has 0 spiro atoms. The molecule has 0 radical (unpaired) electrons. The highest BCUT2D eigenvalue weighted by Gasteiger charge is 2.04. The second kappa shape index (κ2) is 6.50. The Morgan fingerprint density at radius 3 is 3.00 bits per heavy atom. The third-order valence-electron chi connectivity index (χ3n) is 3.05. The number of hydrogen-bond acceptors (Lipinski definition) is 3. The van der Waals surface area contributed by atoms with Crippen LogP contribution < -0.4 is 5.32 Å². The van der Waals surface area contributed by atoms with Crippen molar-refractivity contribution in [2.75, 3.05) is 6.54 Å². The van der Waals surface area contributed by atoms with Crippen molar-refractivity contribution in [1.29, 1.82) is 0 Å². The lowest BCUT2D eigenvalue weighted by Crippen LogP contribution is -2.25. The SMILES string of the molecule is Cc1cc2ncc(CCCNC(=O)CC(C)C)cn2n1. The van der Waals surface area contributed by atoms with Crippen molar-refractivity contribution in [3.05, 3.63) is 29.7 Å². The molecule has 5 heteroatoms. The van der Waals surface area contributed by atoms with E-state index in [9.17, 15) is 4.79 Å². The van der Waals surface area contributed by atoms with Crippen LogP contribution in [0.2, 0.25) is 0 Å². The number of fused-ring (bicyclic) bond motifs is 1. The van der Waals surface area contributed by atoms with Gasteiger partial charge in [0.15, 0.2) is 5.65 Å². The lowest BCUT2D eigenvalue weighted by molar-refractivity contribution is -0.121. The van der Waals surface area contributed by atoms with Crippen LogP contribution in [0, 0.1) is 12.8 Å². The third-order valence-corrected chi connectivity index (χ3v) is 3.05. The molecule has 0 aromatic carbocycles. The van der Waals surface area contributed by atoms with Gasteiger partial charge in [0.2, 0.25) is 5.91 Å². The van der Waals surface area contributed by atoms with Crippen molar-refractivity contribution < 1.29 is 4.79 Å². The molecule has 0 aliphatic rings. The predicted molar refractivity (Wildman–Crippen MR) is 78.5 cm³/mol. The minimum absolute atomic E-state index is 0.135. The maximum Gasteiger partial charge on any atom is 0.220 e. The van der Waals surface area contributed by atoms with E-state index in [0.717, 1.165) is 29.7 Å². The van der Waals surface area contributed by atoms with Gasteiger partial charge in [0.25, 0.3) is 0 Å². The summed E-state index contributed by atoms with van der Waals surface area (Å²) in [6.45, 7) is 6.76. The third kappa shape index (κ3) is 4.05. The van der Waals surface area contributed by atoms with Gasteiger partial charge in [-0.1, -0.05) is 13.8 Å². The number of carbonyl (C=O) groups excluding carboxylic acids is 1. The minimum atomic E-state index is 0.135. The topological polar surface area (TPSA) is 59.3 Å². The summed E-state index contributed by atoms with van der Waals surface area (Å²) in [5, 5.41) is 7.29. The Hall–Kier alpha value is -1.91. The van der Waals surface area contributed by atoms with Crippen LogP contribution in [0.5, 0.6) is 0 Å². The molecule has 5 nitrogen and oxygen atoms in total. The van der Waals surface area contributed by atoms with E-state index in [-0.39, 0.29) is 5.91 Å². The molecular weight excluding hydrogens is 252 g/mol. The Labute approximate surface area is 119 Å². The first kappa shape index (κ1) is 14.5. The standard InChI is InChI=1S/C15H22N4O/c1-11(2)7-15(20)16-6-4-5-13-9-17-14-8-12(3)18-19(14)10-13/h8-11H,4-7H2,1-3H3,(H,16,20). The fraction of sp³-hybridized carbons (Fsp3) is 0.533. The van der Waals surface area contributed by atoms with E-state index in [1.54, 1.807) is 0 Å². The maximum absolute atomic E-state index is 11.5. The summed E-state index contributed by atoms with van der Waals surface area (Å²) in [7, 11) is 0. The Balaban J connectivity index is 1.79. The molecule has 2 rings (SSSR count). The van der Waals surface area contributed by atoms with Gasteiger partial charge in [-0.15, -0.1) is 0 Å². The molecule has 0 aliphatic heterocycles. The normalized spacial score (nSPS) is 11.2. The summed E-state index contributed by atoms with van der Waals surface area (Å²) in [5.41, 5.74) is 2.98. The number of nitrogens with one attached hydrogen (secondary N) is 1. The van der Waals surface area contributed by atoms with Crippen molar-refractivity contribution >= 4 is 11.6 Å². The van der Waals surface area contributed by atoms with Crippen molar-refractivity contribution in [3.63, 3.8) is 0 Å². The van der Waals surface area contributed by atoms with Crippen molar-refractivity contribution in [2.24, 2.45) is 5.92 Å². The van der Waals surface area contributed by atoms with E-state index in [4.69, 9.17) is 0 Å². The fourth-order valence-corrected chi connectivity index (χ4v) is 2.13. The molecule has 0 saturated heterocycles. The summed E-state index contributed by atoms with van der Waals surface area (Å²) < 4.78 is 1.81. The zero-order chi connectivity index (χ0) is 14.5. The summed E-state index contributed by atoms with van der Waals surface area (Å²) in [6, 6.07) is 1.95. The molecule has 108 valence electrons. The highest BCUT2D eigenvalue weighted by molar-refractivity contribution is 5.75. The number of carbonyl (C=O) groups is 1. The van der Waals surface area contributed by atoms with Gasteiger partial charge in [0.05, 0.1) is 5.69 Å². The van der Waals surface area contributed by atoms with Crippen LogP contribution in [-0.2, 0) is 11.2 Å². The molecule has 2 aromatic rings. The van der Waals surface area contributed by atoms with E-state index < -0.39 is 0 Å². The van der Waals surface area contributed by atoms with Gasteiger partial charge in [0.1, 0.15) is 0 Å². The number of hydrogen-bond donors (Lipinski definition) is 1. The second-order valence-corrected chi connectivity index (χ2v) is 5.60. The van der Waals surface area contributed by atoms with Gasteiger partial charge in [-0.3, -0.25) is 4.79 Å². The molecular formula is C15H22N4O. The average Bonchev–Trinajstić information content (AvgIpc) is 2.73. The van der Waals surface area contributed by atoms with E-state index in [1.165, 1.54) is 0 Å². The van der Waals surface area contributed by atoms with Crippen LogP contribution in [0.3, 0.4) is 0 Å². The van der Waals surface area contributed by atoms with E-state index >= 15 is 0 Å². The number of aromatic nitrogens is 3. The summed E-state index contributed by atoms with van der Waals surface area (Å²) >= 11 is 0. The van der Waals surface area contributed by atoms with Crippen molar-refractivity contribution in [1.82, 2.24) is 19.9 Å². The van der Waals surface area contributed by atoms with Gasteiger partial charge in [-0.25, -0.2) is 9.50 Å². The Kier molecular flexibility index (Phi) is 4.71. The number of aryl methyl sites for hydroxylation is 2. The van der Waals surface area contributed by atoms with E-state index in [1.807, 2.05) is 43.7 Å². The molecule has 0 fully saturated rings. The second-order valence-electron chi connectivity index (χ2n) is 5.60. The quantitative estimate of drug-likeness (QED) is 0.821. The number of rotatable bonds is 6. The first-order valence-electron chi connectivity index (χ1n) is 7.12. The first-order valence-corrected chi connectivity index (χ1v) is 7.12. The Morgan fingerprint density at radius 2 is 2.25 bits per heavy atom. The molecule has 1 amide bonds. The highest BCUT2D eigenvalue weighted by Crippen LogP contribution is 2.06. The first-order chi connectivity index (χ1) is 9.54. The van der Waals surface area contributed by atoms with Crippen LogP contribution in [0.1, 0.15) is 37.9 Å². The Morgan fingerprint density at radius 1 is 1.45 bits per heavy atom. The monoisotopic (exact) mass is 274 g/mol. The lowest BCUT2D eigenvalue weighted by Gasteiger charge is -2.07. The zero-order valence-corrected chi connectivity index (χ0v) is 12.4. The molecule has 1 N–H and O–H groups in total. The molecule has 2 aromatic heterocycles. The molecule has 0 saturated carbocycles. The largest absolute Gasteiger partial charge is 0.356 e. The molecule has 0 atom stereocenters. The zero-order valence-electron chi connectivity index (χ0n) is 12.4. The number of nitrogens with zero attached hydrogens (tertiary/aromatic N) is 3. The van der Waals surface area contributed by atoms with Crippen LogP contribution >= 0.6 is 0 Å². The predicted octanol–water partition coefficient (Wildman–Crippen LogP) is 2.13. The summed E-state index contributed by atoms with van der Waals surface area (Å²) in [6.07, 6.45) is 6.29. The fourth-order valence-electron chi connectivity index (χ4n) is 2.13. The van der Waals surface area contributed by atoms with Gasteiger partial charge < -0.3 is 5.32 Å². The smallest absolute Gasteiger partial charge is 0.220 e. The maximum atomic E-state index is 11.5. The molecule has 2 heterocycles. The molecule has 0 bridgehead atoms. The van der Waals surface area contributed by atoms with Crippen LogP contribution in [0.15, 0.2) is 18.5 Å². The van der Waals surface area contributed by atoms with Crippen LogP contribution in [0.4, 0.5) is 0 Å². The van der Waals surface area contributed by atoms with Crippen LogP contribution in [-0.4, -0.2) is 27.0 Å². The van der Waals surface area contributed by atoms with Gasteiger partial charge in [0, 0.05) is 31.4 Å². The summed E-state index contributed by atoms with van der Waals surface area (Å²) in [4.78, 5) is 15.9. The van der Waals surface area contributed by atoms with Gasteiger partial charge in [-0.2, -0.15) is 5.10 Å². The van der Waals surface area contributed by atoms with E-state index in [2.05, 4.69) is 15.4 Å². The van der Waals surface area contributed by atoms with E-state index in [0.29, 0.717) is 18.9 Å². The van der Waals surface area contributed by atoms with Crippen LogP contribution in [0.25, 0.3) is 5.65 Å². The average molecular weight is 274 g/mol. The molecule has 20 heavy (non-hydrogen) atoms. The van der Waals surface area contributed by atoms with Crippen molar-refractivity contribution in [3.8, 4) is 0 Å². The van der Waals surface area contributed by atoms with Gasteiger partial charge >= 0.3 is 0 Å². The molecule has 0 aliphatic carbocycles. The number of amides is 1. The van der Waals surface area contributed by atoms with Crippen molar-refractivity contribution in [2.45, 2.75) is 40.0 Å². The van der Waals surface area contributed by atoms with Gasteiger partial charge in [-0.05, 0) is 31.2 Å². The summed E-state index contributed by atoms with van der Waals surface area (Å²) in [5.74, 6) is 0.543. The lowest BCUT2D eigenvalue weighted by atomic mass is 10.1. The minimum Gasteiger partial charge on any atom is -0.356 e. The molecule has 0 unspecified atom stereocenters. The Bertz CT molecular complexity index is 589. The highest BCUT2D eigenvalue weighted by atomic mass is 16.1.